The molecule has 1 aliphatic heterocycles. The topological polar surface area (TPSA) is 162 Å². The highest BCUT2D eigenvalue weighted by atomic mass is 16.6. The Morgan fingerprint density at radius 1 is 1.17 bits per heavy atom. The van der Waals surface area contributed by atoms with Crippen LogP contribution in [0.3, 0.4) is 0 Å². The number of carbonyl (C=O) groups is 3. The Morgan fingerprint density at radius 2 is 1.86 bits per heavy atom. The average molecular weight is 502 g/mol. The van der Waals surface area contributed by atoms with Crippen LogP contribution in [0.5, 0.6) is 0 Å². The summed E-state index contributed by atoms with van der Waals surface area (Å²) in [7, 11) is 0. The minimum Gasteiger partial charge on any atom is -0.450 e. The molecule has 3 amide bonds. The molecule has 36 heavy (non-hydrogen) atoms. The molecule has 2 aromatic rings. The zero-order chi connectivity index (χ0) is 26.0. The number of nitrogens with one attached hydrogen (secondary N) is 1. The number of nitrogens with zero attached hydrogens (tertiary/aromatic N) is 3. The van der Waals surface area contributed by atoms with Crippen molar-refractivity contribution in [2.45, 2.75) is 58.2 Å². The van der Waals surface area contributed by atoms with Crippen molar-refractivity contribution in [3.05, 3.63) is 49.9 Å². The summed E-state index contributed by atoms with van der Waals surface area (Å²) in [4.78, 5) is 64.7. The molecule has 2 heterocycles. The second-order valence-corrected chi connectivity index (χ2v) is 8.39. The summed E-state index contributed by atoms with van der Waals surface area (Å²) < 4.78 is 15.8. The van der Waals surface area contributed by atoms with Gasteiger partial charge in [-0.1, -0.05) is 19.3 Å². The van der Waals surface area contributed by atoms with Crippen molar-refractivity contribution in [1.82, 2.24) is 15.3 Å². The van der Waals surface area contributed by atoms with Crippen molar-refractivity contribution < 1.29 is 33.2 Å². The van der Waals surface area contributed by atoms with Gasteiger partial charge in [-0.2, -0.15) is 5.01 Å². The first-order valence-corrected chi connectivity index (χ1v) is 11.8. The number of rotatable bonds is 5. The summed E-state index contributed by atoms with van der Waals surface area (Å²) in [5.74, 6) is -0.920. The van der Waals surface area contributed by atoms with E-state index in [4.69, 9.17) is 13.9 Å². The third kappa shape index (κ3) is 4.43. The zero-order valence-electron chi connectivity index (χ0n) is 19.9. The number of fused-ring (bicyclic) bond motifs is 2. The van der Waals surface area contributed by atoms with E-state index < -0.39 is 34.6 Å². The highest BCUT2D eigenvalue weighted by Crippen LogP contribution is 2.40. The number of nitro groups is 1. The van der Waals surface area contributed by atoms with Gasteiger partial charge in [0.2, 0.25) is 11.2 Å². The normalized spacial score (nSPS) is 17.6. The zero-order valence-corrected chi connectivity index (χ0v) is 19.9. The molecular weight excluding hydrogens is 476 g/mol. The minimum atomic E-state index is -1.40. The molecule has 1 aliphatic carbocycles. The maximum Gasteiger partial charge on any atom is 0.431 e. The molecule has 0 spiro atoms. The lowest BCUT2D eigenvalue weighted by atomic mass is 9.94. The Labute approximate surface area is 205 Å². The Balaban J connectivity index is 1.93. The Hall–Kier alpha value is -4.16. The van der Waals surface area contributed by atoms with Gasteiger partial charge in [0.25, 0.3) is 11.6 Å². The molecule has 13 nitrogen and oxygen atoms in total. The van der Waals surface area contributed by atoms with Gasteiger partial charge in [0.1, 0.15) is 5.58 Å². The second-order valence-electron chi connectivity index (χ2n) is 8.39. The van der Waals surface area contributed by atoms with E-state index in [2.05, 4.69) is 5.43 Å². The lowest BCUT2D eigenvalue weighted by Gasteiger charge is -2.39. The van der Waals surface area contributed by atoms with E-state index in [9.17, 15) is 29.3 Å². The van der Waals surface area contributed by atoms with Crippen molar-refractivity contribution in [3.8, 4) is 0 Å². The van der Waals surface area contributed by atoms with Crippen molar-refractivity contribution >= 4 is 34.8 Å². The number of ether oxygens (including phenoxy) is 2. The van der Waals surface area contributed by atoms with Crippen LogP contribution in [-0.4, -0.2) is 52.2 Å². The van der Waals surface area contributed by atoms with Gasteiger partial charge < -0.3 is 18.8 Å². The largest absolute Gasteiger partial charge is 0.450 e. The smallest absolute Gasteiger partial charge is 0.431 e. The highest BCUT2D eigenvalue weighted by molar-refractivity contribution is 5.99. The lowest BCUT2D eigenvalue weighted by molar-refractivity contribution is -0.384. The fraction of sp³-hybridized carbons (Fsp3) is 0.478. The van der Waals surface area contributed by atoms with Crippen LogP contribution >= 0.6 is 0 Å². The molecule has 2 aliphatic rings. The molecule has 192 valence electrons. The lowest BCUT2D eigenvalue weighted by Crippen LogP contribution is -2.55. The number of hydrogen-bond donors (Lipinski definition) is 1. The SMILES string of the molecule is CCOC(=O)NN(C(=O)OCC)C1c2c(oc3ccc([N+](=O)[O-])cc3c2=O)C(=O)N1C1CCCCC1. The van der Waals surface area contributed by atoms with Gasteiger partial charge in [-0.3, -0.25) is 19.7 Å². The highest BCUT2D eigenvalue weighted by Gasteiger charge is 2.50. The summed E-state index contributed by atoms with van der Waals surface area (Å²) in [6.07, 6.45) is 0.459. The quantitative estimate of drug-likeness (QED) is 0.475. The second kappa shape index (κ2) is 10.2. The fourth-order valence-electron chi connectivity index (χ4n) is 4.71. The van der Waals surface area contributed by atoms with E-state index in [1.54, 1.807) is 13.8 Å². The molecule has 13 heteroatoms. The first-order chi connectivity index (χ1) is 17.3. The third-order valence-electron chi connectivity index (χ3n) is 6.23. The molecule has 1 unspecified atom stereocenters. The van der Waals surface area contributed by atoms with Crippen molar-refractivity contribution in [3.63, 3.8) is 0 Å². The van der Waals surface area contributed by atoms with Gasteiger partial charge in [0.05, 0.1) is 29.1 Å². The fourth-order valence-corrected chi connectivity index (χ4v) is 4.71. The summed E-state index contributed by atoms with van der Waals surface area (Å²) >= 11 is 0. The van der Waals surface area contributed by atoms with Crippen LogP contribution in [-0.2, 0) is 9.47 Å². The van der Waals surface area contributed by atoms with Crippen LogP contribution in [0.1, 0.15) is 68.2 Å². The minimum absolute atomic E-state index is 0.00542. The molecule has 0 radical (unpaired) electrons. The maximum atomic E-state index is 13.7. The van der Waals surface area contributed by atoms with Crippen LogP contribution in [0.4, 0.5) is 15.3 Å². The summed E-state index contributed by atoms with van der Waals surface area (Å²) in [5.41, 5.74) is 0.994. The van der Waals surface area contributed by atoms with Gasteiger partial charge >= 0.3 is 12.2 Å². The number of hydrazine groups is 1. The van der Waals surface area contributed by atoms with Crippen molar-refractivity contribution in [2.75, 3.05) is 13.2 Å². The number of non-ortho nitro benzene ring substituents is 1. The third-order valence-corrected chi connectivity index (χ3v) is 6.23. The van der Waals surface area contributed by atoms with Gasteiger partial charge in [-0.25, -0.2) is 15.0 Å². The number of benzene rings is 1. The van der Waals surface area contributed by atoms with E-state index >= 15 is 0 Å². The molecule has 1 N–H and O–H groups in total. The number of hydrogen-bond acceptors (Lipinski definition) is 9. The van der Waals surface area contributed by atoms with Crippen LogP contribution in [0, 0.1) is 10.1 Å². The first kappa shape index (κ1) is 24.9. The van der Waals surface area contributed by atoms with E-state index in [1.807, 2.05) is 0 Å². The molecule has 4 rings (SSSR count). The van der Waals surface area contributed by atoms with Gasteiger partial charge in [0, 0.05) is 18.2 Å². The summed E-state index contributed by atoms with van der Waals surface area (Å²) in [6, 6.07) is 3.12. The predicted molar refractivity (Wildman–Crippen MR) is 124 cm³/mol. The van der Waals surface area contributed by atoms with E-state index in [1.165, 1.54) is 17.0 Å². The van der Waals surface area contributed by atoms with E-state index in [-0.39, 0.29) is 47.2 Å². The molecule has 0 bridgehead atoms. The van der Waals surface area contributed by atoms with Crippen LogP contribution < -0.4 is 10.9 Å². The predicted octanol–water partition coefficient (Wildman–Crippen LogP) is 3.61. The molecule has 1 aromatic carbocycles. The Kier molecular flexibility index (Phi) is 7.08. The van der Waals surface area contributed by atoms with Crippen molar-refractivity contribution in [2.24, 2.45) is 0 Å². The summed E-state index contributed by atoms with van der Waals surface area (Å²) in [5, 5.41) is 11.9. The van der Waals surface area contributed by atoms with Crippen LogP contribution in [0.15, 0.2) is 27.4 Å². The maximum absolute atomic E-state index is 13.7. The molecule has 1 fully saturated rings. The van der Waals surface area contributed by atoms with Gasteiger partial charge in [-0.15, -0.1) is 0 Å². The van der Waals surface area contributed by atoms with Gasteiger partial charge in [0.15, 0.2) is 6.17 Å². The monoisotopic (exact) mass is 502 g/mol. The van der Waals surface area contributed by atoms with Crippen molar-refractivity contribution in [1.29, 1.82) is 0 Å². The van der Waals surface area contributed by atoms with E-state index in [0.717, 1.165) is 30.3 Å². The number of carbonyl (C=O) groups excluding carboxylic acids is 3. The molecule has 1 saturated carbocycles. The van der Waals surface area contributed by atoms with Crippen LogP contribution in [0.25, 0.3) is 11.0 Å². The number of nitro benzene ring substituents is 1. The van der Waals surface area contributed by atoms with E-state index in [0.29, 0.717) is 12.8 Å². The average Bonchev–Trinajstić information content (AvgIpc) is 3.15. The first-order valence-electron chi connectivity index (χ1n) is 11.8. The van der Waals surface area contributed by atoms with Gasteiger partial charge in [-0.05, 0) is 32.8 Å². The Morgan fingerprint density at radius 3 is 2.50 bits per heavy atom. The number of amides is 3. The molecule has 0 saturated heterocycles. The molecular formula is C23H26N4O9. The molecule has 1 aromatic heterocycles. The standard InChI is InChI=1S/C23H26N4O9/c1-3-34-22(30)24-26(23(31)35-4-2)20-17-18(28)15-12-14(27(32)33)10-11-16(15)36-19(17)21(29)25(20)13-8-6-5-7-9-13/h10-13,20H,3-9H2,1-2H3,(H,24,30). The Bertz CT molecular complexity index is 1270. The van der Waals surface area contributed by atoms with Crippen LogP contribution in [0.2, 0.25) is 0 Å². The molecule has 1 atom stereocenters. The summed E-state index contributed by atoms with van der Waals surface area (Å²) in [6.45, 7) is 3.10.